The Bertz CT molecular complexity index is 783. The molecule has 0 bridgehead atoms. The van der Waals surface area contributed by atoms with Crippen LogP contribution in [0.2, 0.25) is 0 Å². The summed E-state index contributed by atoms with van der Waals surface area (Å²) in [5.74, 6) is -0.477. The molecule has 2 aromatic carbocycles. The predicted molar refractivity (Wildman–Crippen MR) is 100 cm³/mol. The second-order valence-corrected chi connectivity index (χ2v) is 6.56. The molecule has 0 saturated carbocycles. The molecule has 1 saturated heterocycles. The van der Waals surface area contributed by atoms with E-state index in [4.69, 9.17) is 14.3 Å². The molecule has 1 unspecified atom stereocenters. The van der Waals surface area contributed by atoms with Gasteiger partial charge in [-0.05, 0) is 29.8 Å². The van der Waals surface area contributed by atoms with Crippen LogP contribution in [0.3, 0.4) is 0 Å². The van der Waals surface area contributed by atoms with Crippen LogP contribution >= 0.6 is 0 Å². The Morgan fingerprint density at radius 3 is 2.31 bits per heavy atom. The Labute approximate surface area is 167 Å². The van der Waals surface area contributed by atoms with Crippen LogP contribution in [0.5, 0.6) is 0 Å². The maximum absolute atomic E-state index is 12.1. The summed E-state index contributed by atoms with van der Waals surface area (Å²) in [7, 11) is 0. The molecule has 9 heteroatoms. The van der Waals surface area contributed by atoms with Crippen molar-refractivity contribution in [3.8, 4) is 0 Å². The highest BCUT2D eigenvalue weighted by atomic mass is 16.8. The van der Waals surface area contributed by atoms with Gasteiger partial charge in [0.1, 0.15) is 31.0 Å². The van der Waals surface area contributed by atoms with Crippen LogP contribution in [0, 0.1) is 0 Å². The smallest absolute Gasteiger partial charge is 0.338 e. The van der Waals surface area contributed by atoms with Crippen molar-refractivity contribution in [2.24, 2.45) is 0 Å². The number of carbonyl (C=O) groups is 1. The quantitative estimate of drug-likeness (QED) is 0.323. The van der Waals surface area contributed by atoms with Crippen molar-refractivity contribution in [2.75, 3.05) is 12.1 Å². The van der Waals surface area contributed by atoms with E-state index < -0.39 is 43.3 Å². The molecule has 1 heterocycles. The standard InChI is InChI=1S/C20H23NO8/c22-10-15-16(23)17(24)18(25)20(28-15)29-21-14-8-6-13(7-9-14)19(26)27-11-12-4-2-1-3-5-12/h1-9,15-18,20-25H,10-11H2/t15-,16-,17+,18-,20?/m1/s1. The second-order valence-electron chi connectivity index (χ2n) is 6.56. The van der Waals surface area contributed by atoms with E-state index >= 15 is 0 Å². The van der Waals surface area contributed by atoms with Crippen molar-refractivity contribution in [1.29, 1.82) is 0 Å². The number of carbonyl (C=O) groups excluding carboxylic acids is 1. The van der Waals surface area contributed by atoms with Crippen molar-refractivity contribution in [3.05, 3.63) is 65.7 Å². The lowest BCUT2D eigenvalue weighted by Crippen LogP contribution is -2.59. The Morgan fingerprint density at radius 2 is 1.66 bits per heavy atom. The summed E-state index contributed by atoms with van der Waals surface area (Å²) in [4.78, 5) is 17.3. The Kier molecular flexibility index (Phi) is 7.15. The molecule has 0 radical (unpaired) electrons. The highest BCUT2D eigenvalue weighted by molar-refractivity contribution is 5.89. The zero-order valence-electron chi connectivity index (χ0n) is 15.4. The summed E-state index contributed by atoms with van der Waals surface area (Å²) in [6.45, 7) is -0.384. The number of esters is 1. The number of hydrogen-bond donors (Lipinski definition) is 5. The molecule has 1 fully saturated rings. The predicted octanol–water partition coefficient (Wildman–Crippen LogP) is 0.187. The van der Waals surface area contributed by atoms with Crippen LogP contribution < -0.4 is 5.48 Å². The Hall–Kier alpha value is -2.53. The molecule has 0 spiro atoms. The number of benzene rings is 2. The molecular formula is C20H23NO8. The number of aliphatic hydroxyl groups is 4. The van der Waals surface area contributed by atoms with Gasteiger partial charge in [-0.2, -0.15) is 0 Å². The molecule has 0 amide bonds. The lowest BCUT2D eigenvalue weighted by molar-refractivity contribution is -0.294. The number of rotatable bonds is 7. The van der Waals surface area contributed by atoms with Gasteiger partial charge in [0.25, 0.3) is 0 Å². The molecular weight excluding hydrogens is 382 g/mol. The van der Waals surface area contributed by atoms with Gasteiger partial charge in [0.15, 0.2) is 0 Å². The maximum Gasteiger partial charge on any atom is 0.338 e. The maximum atomic E-state index is 12.1. The minimum atomic E-state index is -1.53. The molecule has 5 atom stereocenters. The first kappa shape index (κ1) is 21.2. The molecule has 0 aliphatic carbocycles. The van der Waals surface area contributed by atoms with E-state index in [1.54, 1.807) is 12.1 Å². The van der Waals surface area contributed by atoms with Gasteiger partial charge in [0.2, 0.25) is 6.29 Å². The molecule has 9 nitrogen and oxygen atoms in total. The fourth-order valence-corrected chi connectivity index (χ4v) is 2.77. The van der Waals surface area contributed by atoms with E-state index in [1.807, 2.05) is 30.3 Å². The fourth-order valence-electron chi connectivity index (χ4n) is 2.77. The van der Waals surface area contributed by atoms with E-state index in [-0.39, 0.29) is 6.61 Å². The van der Waals surface area contributed by atoms with Crippen LogP contribution in [-0.2, 0) is 20.9 Å². The van der Waals surface area contributed by atoms with E-state index in [0.717, 1.165) is 5.56 Å². The molecule has 5 N–H and O–H groups in total. The van der Waals surface area contributed by atoms with Crippen LogP contribution in [0.4, 0.5) is 5.69 Å². The van der Waals surface area contributed by atoms with Crippen molar-refractivity contribution >= 4 is 11.7 Å². The number of ether oxygens (including phenoxy) is 2. The molecule has 0 aromatic heterocycles. The van der Waals surface area contributed by atoms with Crippen molar-refractivity contribution in [1.82, 2.24) is 0 Å². The number of nitrogens with one attached hydrogen (secondary N) is 1. The van der Waals surface area contributed by atoms with Crippen LogP contribution in [-0.4, -0.2) is 63.7 Å². The van der Waals surface area contributed by atoms with E-state index in [2.05, 4.69) is 5.48 Å². The van der Waals surface area contributed by atoms with Gasteiger partial charge in [-0.3, -0.25) is 5.48 Å². The van der Waals surface area contributed by atoms with Crippen LogP contribution in [0.1, 0.15) is 15.9 Å². The summed E-state index contributed by atoms with van der Waals surface area (Å²) in [5, 5.41) is 38.6. The van der Waals surface area contributed by atoms with Crippen LogP contribution in [0.25, 0.3) is 0 Å². The molecule has 3 rings (SSSR count). The largest absolute Gasteiger partial charge is 0.457 e. The van der Waals surface area contributed by atoms with Crippen LogP contribution in [0.15, 0.2) is 54.6 Å². The van der Waals surface area contributed by atoms with Crippen molar-refractivity contribution in [3.63, 3.8) is 0 Å². The summed E-state index contributed by atoms with van der Waals surface area (Å²) in [5.41, 5.74) is 4.21. The summed E-state index contributed by atoms with van der Waals surface area (Å²) < 4.78 is 10.5. The normalized spacial score (nSPS) is 26.7. The third kappa shape index (κ3) is 5.30. The molecule has 29 heavy (non-hydrogen) atoms. The lowest BCUT2D eigenvalue weighted by atomic mass is 9.99. The Balaban J connectivity index is 1.52. The van der Waals surface area contributed by atoms with Gasteiger partial charge in [-0.1, -0.05) is 30.3 Å². The van der Waals surface area contributed by atoms with Gasteiger partial charge < -0.3 is 29.9 Å². The molecule has 2 aromatic rings. The Morgan fingerprint density at radius 1 is 0.966 bits per heavy atom. The van der Waals surface area contributed by atoms with Crippen molar-refractivity contribution < 1.29 is 39.5 Å². The van der Waals surface area contributed by atoms with Crippen molar-refractivity contribution in [2.45, 2.75) is 37.3 Å². The van der Waals surface area contributed by atoms with Gasteiger partial charge in [0.05, 0.1) is 17.9 Å². The minimum absolute atomic E-state index is 0.167. The second kappa shape index (κ2) is 9.79. The monoisotopic (exact) mass is 405 g/mol. The molecule has 1 aliphatic rings. The summed E-state index contributed by atoms with van der Waals surface area (Å²) in [6, 6.07) is 15.5. The van der Waals surface area contributed by atoms with Gasteiger partial charge in [-0.25, -0.2) is 9.63 Å². The van der Waals surface area contributed by atoms with Gasteiger partial charge in [0, 0.05) is 0 Å². The lowest BCUT2D eigenvalue weighted by Gasteiger charge is -2.39. The average molecular weight is 405 g/mol. The SMILES string of the molecule is O=C(OCc1ccccc1)c1ccc(NOC2O[C@H](CO)[C@@H](O)[C@H](O)[C@H]2O)cc1. The highest BCUT2D eigenvalue weighted by Crippen LogP contribution is 2.22. The topological polar surface area (TPSA) is 138 Å². The molecule has 1 aliphatic heterocycles. The highest BCUT2D eigenvalue weighted by Gasteiger charge is 2.44. The first-order valence-corrected chi connectivity index (χ1v) is 9.03. The summed E-state index contributed by atoms with van der Waals surface area (Å²) >= 11 is 0. The fraction of sp³-hybridized carbons (Fsp3) is 0.350. The van der Waals surface area contributed by atoms with E-state index in [0.29, 0.717) is 11.3 Å². The summed E-state index contributed by atoms with van der Waals surface area (Å²) in [6.07, 6.45) is -6.90. The molecule has 156 valence electrons. The zero-order chi connectivity index (χ0) is 20.8. The first-order chi connectivity index (χ1) is 14.0. The third-order valence-corrected chi connectivity index (χ3v) is 4.47. The number of anilines is 1. The van der Waals surface area contributed by atoms with E-state index in [1.165, 1.54) is 12.1 Å². The number of hydrogen-bond acceptors (Lipinski definition) is 9. The zero-order valence-corrected chi connectivity index (χ0v) is 15.4. The third-order valence-electron chi connectivity index (χ3n) is 4.47. The van der Waals surface area contributed by atoms with E-state index in [9.17, 15) is 25.2 Å². The van der Waals surface area contributed by atoms with Gasteiger partial charge in [-0.15, -0.1) is 0 Å². The minimum Gasteiger partial charge on any atom is -0.457 e. The van der Waals surface area contributed by atoms with Gasteiger partial charge >= 0.3 is 5.97 Å². The number of aliphatic hydroxyl groups excluding tert-OH is 4. The average Bonchev–Trinajstić information content (AvgIpc) is 2.76. The first-order valence-electron chi connectivity index (χ1n) is 9.03.